The van der Waals surface area contributed by atoms with Gasteiger partial charge in [-0.1, -0.05) is 53.9 Å². The van der Waals surface area contributed by atoms with E-state index >= 15 is 0 Å². The van der Waals surface area contributed by atoms with Crippen molar-refractivity contribution in [2.45, 2.75) is 80.1 Å². The first-order valence-corrected chi connectivity index (χ1v) is 10.5. The highest BCUT2D eigenvalue weighted by Gasteiger charge is 2.48. The van der Waals surface area contributed by atoms with Crippen LogP contribution in [0, 0.1) is 28.6 Å². The van der Waals surface area contributed by atoms with Crippen molar-refractivity contribution in [3.63, 3.8) is 0 Å². The molecule has 4 atom stereocenters. The lowest BCUT2D eigenvalue weighted by molar-refractivity contribution is -0.168. The monoisotopic (exact) mass is 398 g/mol. The molecule has 0 aromatic rings. The first-order valence-electron chi connectivity index (χ1n) is 10.5. The summed E-state index contributed by atoms with van der Waals surface area (Å²) in [6.07, 6.45) is 4.05. The molecule has 0 spiro atoms. The number of ether oxygens (including phenoxy) is 2. The lowest BCUT2D eigenvalue weighted by atomic mass is 9.60. The zero-order valence-corrected chi connectivity index (χ0v) is 18.4. The Kier molecular flexibility index (Phi) is 8.96. The molecule has 6 nitrogen and oxygen atoms in total. The van der Waals surface area contributed by atoms with Crippen molar-refractivity contribution in [1.29, 1.82) is 0 Å². The first-order chi connectivity index (χ1) is 13.0. The summed E-state index contributed by atoms with van der Waals surface area (Å²) in [7, 11) is 0. The molecule has 0 aliphatic heterocycles. The summed E-state index contributed by atoms with van der Waals surface area (Å²) >= 11 is 0. The third-order valence-electron chi connectivity index (χ3n) is 6.73. The van der Waals surface area contributed by atoms with E-state index in [0.29, 0.717) is 19.3 Å². The Bertz CT molecular complexity index is 550. The standard InChI is InChI=1S/C22H38O6/c1-7-15(2)22(6,21(3,4)5)20(26)28-14-10-13-27-19(25)17-12-9-8-11-16(17)18(23)24/h15-17H,7-14H2,1-6H3,(H,23,24). The van der Waals surface area contributed by atoms with Crippen LogP contribution in [0.4, 0.5) is 0 Å². The minimum Gasteiger partial charge on any atom is -0.481 e. The molecule has 1 aliphatic rings. The van der Waals surface area contributed by atoms with E-state index < -0.39 is 29.2 Å². The minimum atomic E-state index is -0.929. The van der Waals surface area contributed by atoms with E-state index in [2.05, 4.69) is 13.8 Å². The predicted octanol–water partition coefficient (Wildman–Crippen LogP) is 4.45. The number of carboxylic acid groups (broad SMARTS) is 1. The molecule has 0 aromatic carbocycles. The molecular formula is C22H38O6. The molecule has 1 saturated carbocycles. The van der Waals surface area contributed by atoms with Gasteiger partial charge in [0, 0.05) is 6.42 Å². The second kappa shape index (κ2) is 10.3. The van der Waals surface area contributed by atoms with Gasteiger partial charge in [0.2, 0.25) is 0 Å². The van der Waals surface area contributed by atoms with E-state index in [1.54, 1.807) is 0 Å². The first kappa shape index (κ1) is 24.4. The van der Waals surface area contributed by atoms with Gasteiger partial charge in [-0.05, 0) is 31.1 Å². The molecule has 1 rings (SSSR count). The molecule has 0 heterocycles. The highest BCUT2D eigenvalue weighted by molar-refractivity contribution is 5.81. The third-order valence-corrected chi connectivity index (χ3v) is 6.73. The second-order valence-electron chi connectivity index (χ2n) is 9.25. The number of carbonyl (C=O) groups is 3. The molecule has 0 saturated heterocycles. The summed E-state index contributed by atoms with van der Waals surface area (Å²) in [5, 5.41) is 9.27. The van der Waals surface area contributed by atoms with Crippen molar-refractivity contribution < 1.29 is 29.0 Å². The number of hydrogen-bond donors (Lipinski definition) is 1. The number of esters is 2. The number of rotatable bonds is 9. The van der Waals surface area contributed by atoms with Crippen LogP contribution in [0.1, 0.15) is 80.1 Å². The smallest absolute Gasteiger partial charge is 0.312 e. The van der Waals surface area contributed by atoms with Gasteiger partial charge in [-0.25, -0.2) is 0 Å². The molecule has 0 bridgehead atoms. The van der Waals surface area contributed by atoms with Crippen LogP contribution in [0.3, 0.4) is 0 Å². The summed E-state index contributed by atoms with van der Waals surface area (Å²) < 4.78 is 10.8. The third kappa shape index (κ3) is 5.71. The highest BCUT2D eigenvalue weighted by Crippen LogP contribution is 2.46. The van der Waals surface area contributed by atoms with Gasteiger partial charge in [0.05, 0.1) is 30.5 Å². The van der Waals surface area contributed by atoms with Gasteiger partial charge in [-0.15, -0.1) is 0 Å². The van der Waals surface area contributed by atoms with Crippen molar-refractivity contribution in [3.8, 4) is 0 Å². The molecule has 1 aliphatic carbocycles. The Morgan fingerprint density at radius 3 is 2.04 bits per heavy atom. The van der Waals surface area contributed by atoms with E-state index in [0.717, 1.165) is 19.3 Å². The topological polar surface area (TPSA) is 89.9 Å². The Hall–Kier alpha value is -1.59. The van der Waals surface area contributed by atoms with Crippen molar-refractivity contribution in [3.05, 3.63) is 0 Å². The fourth-order valence-electron chi connectivity index (χ4n) is 4.02. The zero-order chi connectivity index (χ0) is 21.5. The van der Waals surface area contributed by atoms with Crippen LogP contribution in [-0.2, 0) is 23.9 Å². The maximum atomic E-state index is 12.8. The second-order valence-corrected chi connectivity index (χ2v) is 9.25. The number of carboxylic acids is 1. The Labute approximate surface area is 169 Å². The van der Waals surface area contributed by atoms with E-state index in [-0.39, 0.29) is 30.5 Å². The number of hydrogen-bond acceptors (Lipinski definition) is 5. The average Bonchev–Trinajstić information content (AvgIpc) is 2.64. The molecule has 1 N–H and O–H groups in total. The Morgan fingerprint density at radius 1 is 1.00 bits per heavy atom. The van der Waals surface area contributed by atoms with Gasteiger partial charge in [0.1, 0.15) is 0 Å². The van der Waals surface area contributed by atoms with E-state index in [1.807, 2.05) is 27.7 Å². The van der Waals surface area contributed by atoms with Gasteiger partial charge in [-0.3, -0.25) is 14.4 Å². The van der Waals surface area contributed by atoms with Crippen LogP contribution in [-0.4, -0.2) is 36.2 Å². The summed E-state index contributed by atoms with van der Waals surface area (Å²) in [5.41, 5.74) is -0.839. The van der Waals surface area contributed by atoms with Crippen LogP contribution < -0.4 is 0 Å². The molecular weight excluding hydrogens is 360 g/mol. The molecule has 4 unspecified atom stereocenters. The fraction of sp³-hybridized carbons (Fsp3) is 0.864. The molecule has 0 aromatic heterocycles. The van der Waals surface area contributed by atoms with Crippen LogP contribution in [0.5, 0.6) is 0 Å². The fourth-order valence-corrected chi connectivity index (χ4v) is 4.02. The van der Waals surface area contributed by atoms with Crippen molar-refractivity contribution in [2.75, 3.05) is 13.2 Å². The van der Waals surface area contributed by atoms with Crippen molar-refractivity contribution >= 4 is 17.9 Å². The van der Waals surface area contributed by atoms with Gasteiger partial charge in [-0.2, -0.15) is 0 Å². The molecule has 6 heteroatoms. The Balaban J connectivity index is 2.48. The summed E-state index contributed by atoms with van der Waals surface area (Å²) in [5.74, 6) is -2.64. The van der Waals surface area contributed by atoms with Crippen LogP contribution in [0.15, 0.2) is 0 Å². The molecule has 0 amide bonds. The summed E-state index contributed by atoms with van der Waals surface area (Å²) in [6.45, 7) is 12.5. The van der Waals surface area contributed by atoms with Crippen LogP contribution in [0.2, 0.25) is 0 Å². The number of carbonyl (C=O) groups excluding carboxylic acids is 2. The zero-order valence-electron chi connectivity index (χ0n) is 18.4. The van der Waals surface area contributed by atoms with E-state index in [4.69, 9.17) is 9.47 Å². The van der Waals surface area contributed by atoms with Crippen molar-refractivity contribution in [2.24, 2.45) is 28.6 Å². The van der Waals surface area contributed by atoms with Gasteiger partial charge < -0.3 is 14.6 Å². The predicted molar refractivity (Wildman–Crippen MR) is 107 cm³/mol. The lowest BCUT2D eigenvalue weighted by Gasteiger charge is -2.43. The normalized spacial score (nSPS) is 23.4. The number of aliphatic carboxylic acids is 1. The van der Waals surface area contributed by atoms with Gasteiger partial charge in [0.15, 0.2) is 0 Å². The maximum absolute atomic E-state index is 12.8. The summed E-state index contributed by atoms with van der Waals surface area (Å²) in [4.78, 5) is 36.3. The molecule has 1 fully saturated rings. The largest absolute Gasteiger partial charge is 0.481 e. The van der Waals surface area contributed by atoms with Gasteiger partial charge in [0.25, 0.3) is 0 Å². The van der Waals surface area contributed by atoms with E-state index in [1.165, 1.54) is 0 Å². The highest BCUT2D eigenvalue weighted by atomic mass is 16.5. The Morgan fingerprint density at radius 2 is 1.54 bits per heavy atom. The van der Waals surface area contributed by atoms with Crippen LogP contribution >= 0.6 is 0 Å². The van der Waals surface area contributed by atoms with Crippen molar-refractivity contribution in [1.82, 2.24) is 0 Å². The van der Waals surface area contributed by atoms with E-state index in [9.17, 15) is 19.5 Å². The molecule has 162 valence electrons. The minimum absolute atomic E-state index is 0.129. The molecule has 0 radical (unpaired) electrons. The van der Waals surface area contributed by atoms with Gasteiger partial charge >= 0.3 is 17.9 Å². The quantitative estimate of drug-likeness (QED) is 0.456. The summed E-state index contributed by atoms with van der Waals surface area (Å²) in [6, 6.07) is 0. The van der Waals surface area contributed by atoms with Crippen LogP contribution in [0.25, 0.3) is 0 Å². The lowest BCUT2D eigenvalue weighted by Crippen LogP contribution is -2.46. The molecule has 28 heavy (non-hydrogen) atoms. The SMILES string of the molecule is CCC(C)C(C)(C(=O)OCCCOC(=O)C1CCCCC1C(=O)O)C(C)(C)C. The average molecular weight is 399 g/mol. The maximum Gasteiger partial charge on any atom is 0.312 e.